The second-order valence-electron chi connectivity index (χ2n) is 4.38. The van der Waals surface area contributed by atoms with E-state index in [1.807, 2.05) is 13.8 Å². The molecule has 2 heterocycles. The number of hydrogen-bond donors (Lipinski definition) is 1. The minimum atomic E-state index is -0.858. The van der Waals surface area contributed by atoms with Crippen LogP contribution in [0.1, 0.15) is 38.0 Å². The number of furan rings is 1. The van der Waals surface area contributed by atoms with Crippen LogP contribution >= 0.6 is 0 Å². The number of aryl methyl sites for hydroxylation is 1. The molecule has 7 heteroatoms. The van der Waals surface area contributed by atoms with Crippen LogP contribution in [0.15, 0.2) is 16.7 Å². The maximum atomic E-state index is 10.9. The molecule has 0 spiro atoms. The zero-order valence-corrected chi connectivity index (χ0v) is 10.9. The third-order valence-corrected chi connectivity index (χ3v) is 2.97. The number of aromatic nitrogens is 4. The van der Waals surface area contributed by atoms with Gasteiger partial charge in [0.2, 0.25) is 0 Å². The monoisotopic (exact) mass is 264 g/mol. The molecule has 0 aliphatic heterocycles. The summed E-state index contributed by atoms with van der Waals surface area (Å²) in [6.45, 7) is 3.82. The fourth-order valence-corrected chi connectivity index (χ4v) is 2.08. The highest BCUT2D eigenvalue weighted by molar-refractivity contribution is 5.67. The van der Waals surface area contributed by atoms with Gasteiger partial charge in [-0.1, -0.05) is 13.3 Å². The average molecular weight is 264 g/mol. The lowest BCUT2D eigenvalue weighted by Gasteiger charge is -2.15. The summed E-state index contributed by atoms with van der Waals surface area (Å²) < 4.78 is 6.82. The van der Waals surface area contributed by atoms with E-state index >= 15 is 0 Å². The highest BCUT2D eigenvalue weighted by Gasteiger charge is 2.22. The van der Waals surface area contributed by atoms with E-state index in [-0.39, 0.29) is 12.5 Å². The lowest BCUT2D eigenvalue weighted by molar-refractivity contribution is -0.138. The zero-order valence-electron chi connectivity index (χ0n) is 10.9. The lowest BCUT2D eigenvalue weighted by Crippen LogP contribution is -2.16. The molecule has 0 aliphatic carbocycles. The molecule has 0 radical (unpaired) electrons. The first-order valence-corrected chi connectivity index (χ1v) is 6.17. The van der Waals surface area contributed by atoms with E-state index in [9.17, 15) is 4.79 Å². The quantitative estimate of drug-likeness (QED) is 0.858. The summed E-state index contributed by atoms with van der Waals surface area (Å²) in [7, 11) is 0. The summed E-state index contributed by atoms with van der Waals surface area (Å²) in [4.78, 5) is 10.9. The number of carbonyl (C=O) groups is 1. The molecule has 0 amide bonds. The summed E-state index contributed by atoms with van der Waals surface area (Å²) in [5.41, 5.74) is 0.788. The van der Waals surface area contributed by atoms with Gasteiger partial charge in [0.15, 0.2) is 5.82 Å². The minimum absolute atomic E-state index is 0.00276. The van der Waals surface area contributed by atoms with Gasteiger partial charge in [0.1, 0.15) is 5.76 Å². The maximum absolute atomic E-state index is 10.9. The van der Waals surface area contributed by atoms with Crippen molar-refractivity contribution in [2.45, 2.75) is 39.2 Å². The molecule has 0 fully saturated rings. The van der Waals surface area contributed by atoms with E-state index in [2.05, 4.69) is 15.5 Å². The maximum Gasteiger partial charge on any atom is 0.305 e. The van der Waals surface area contributed by atoms with Crippen molar-refractivity contribution in [3.63, 3.8) is 0 Å². The Morgan fingerprint density at radius 2 is 2.37 bits per heavy atom. The molecule has 1 unspecified atom stereocenters. The van der Waals surface area contributed by atoms with Crippen LogP contribution in [0.2, 0.25) is 0 Å². The first kappa shape index (κ1) is 13.3. The third-order valence-electron chi connectivity index (χ3n) is 2.97. The Kier molecular flexibility index (Phi) is 3.94. The molecule has 2 aromatic heterocycles. The van der Waals surface area contributed by atoms with Crippen LogP contribution < -0.4 is 0 Å². The molecule has 0 aromatic carbocycles. The van der Waals surface area contributed by atoms with E-state index in [4.69, 9.17) is 9.52 Å². The lowest BCUT2D eigenvalue weighted by atomic mass is 10.1. The smallest absolute Gasteiger partial charge is 0.305 e. The summed E-state index contributed by atoms with van der Waals surface area (Å²) in [6, 6.07) is 1.53. The van der Waals surface area contributed by atoms with Crippen LogP contribution in [-0.2, 0) is 4.79 Å². The van der Waals surface area contributed by atoms with Crippen LogP contribution in [0.3, 0.4) is 0 Å². The fraction of sp³-hybridized carbons (Fsp3) is 0.500. The van der Waals surface area contributed by atoms with Gasteiger partial charge >= 0.3 is 5.97 Å². The Morgan fingerprint density at radius 3 is 2.95 bits per heavy atom. The van der Waals surface area contributed by atoms with Gasteiger partial charge < -0.3 is 9.52 Å². The number of rotatable bonds is 6. The second-order valence-corrected chi connectivity index (χ2v) is 4.38. The first-order chi connectivity index (χ1) is 9.13. The normalized spacial score (nSPS) is 12.5. The zero-order chi connectivity index (χ0) is 13.8. The summed E-state index contributed by atoms with van der Waals surface area (Å²) in [6.07, 6.45) is 3.14. The number of carboxylic acid groups (broad SMARTS) is 1. The van der Waals surface area contributed by atoms with Gasteiger partial charge in [-0.2, -0.15) is 0 Å². The Labute approximate surface area is 110 Å². The molecule has 0 saturated heterocycles. The van der Waals surface area contributed by atoms with E-state index in [1.165, 1.54) is 0 Å². The Balaban J connectivity index is 2.36. The molecule has 102 valence electrons. The average Bonchev–Trinajstić information content (AvgIpc) is 2.95. The van der Waals surface area contributed by atoms with Crippen molar-refractivity contribution in [3.05, 3.63) is 18.1 Å². The molecule has 2 rings (SSSR count). The molecular weight excluding hydrogens is 248 g/mol. The van der Waals surface area contributed by atoms with E-state index < -0.39 is 5.97 Å². The molecule has 1 atom stereocenters. The first-order valence-electron chi connectivity index (χ1n) is 6.17. The van der Waals surface area contributed by atoms with E-state index in [0.29, 0.717) is 18.0 Å². The highest BCUT2D eigenvalue weighted by atomic mass is 16.4. The van der Waals surface area contributed by atoms with Crippen LogP contribution in [0, 0.1) is 6.92 Å². The highest BCUT2D eigenvalue weighted by Crippen LogP contribution is 2.26. The summed E-state index contributed by atoms with van der Waals surface area (Å²) in [5, 5.41) is 20.6. The number of aliphatic carboxylic acids is 1. The van der Waals surface area contributed by atoms with Crippen LogP contribution in [0.25, 0.3) is 11.4 Å². The molecule has 1 N–H and O–H groups in total. The molecular formula is C12H16N4O3. The van der Waals surface area contributed by atoms with Crippen LogP contribution in [0.4, 0.5) is 0 Å². The van der Waals surface area contributed by atoms with Gasteiger partial charge in [-0.05, 0) is 29.8 Å². The van der Waals surface area contributed by atoms with Crippen molar-refractivity contribution in [1.82, 2.24) is 20.2 Å². The molecule has 0 aliphatic rings. The molecule has 0 bridgehead atoms. The van der Waals surface area contributed by atoms with Crippen molar-refractivity contribution in [1.29, 1.82) is 0 Å². The third kappa shape index (κ3) is 2.81. The number of nitrogens with zero attached hydrogens (tertiary/aromatic N) is 4. The number of tetrazole rings is 1. The standard InChI is InChI=1S/C12H16N4O3/c1-3-4-9(7-11(17)18)16-12(13-14-15-16)10-5-6-19-8(10)2/h5-6,9H,3-4,7H2,1-2H3,(H,17,18). The number of hydrogen-bond acceptors (Lipinski definition) is 5. The van der Waals surface area contributed by atoms with E-state index in [1.54, 1.807) is 17.0 Å². The van der Waals surface area contributed by atoms with Gasteiger partial charge in [-0.15, -0.1) is 5.10 Å². The van der Waals surface area contributed by atoms with Crippen molar-refractivity contribution in [3.8, 4) is 11.4 Å². The van der Waals surface area contributed by atoms with E-state index in [0.717, 1.165) is 12.0 Å². The van der Waals surface area contributed by atoms with Crippen molar-refractivity contribution < 1.29 is 14.3 Å². The molecule has 7 nitrogen and oxygen atoms in total. The summed E-state index contributed by atoms with van der Waals surface area (Å²) >= 11 is 0. The van der Waals surface area contributed by atoms with Gasteiger partial charge in [0, 0.05) is 0 Å². The van der Waals surface area contributed by atoms with Gasteiger partial charge in [0.25, 0.3) is 0 Å². The topological polar surface area (TPSA) is 94.0 Å². The van der Waals surface area contributed by atoms with Gasteiger partial charge in [0.05, 0.1) is 24.3 Å². The fourth-order valence-electron chi connectivity index (χ4n) is 2.08. The predicted molar refractivity (Wildman–Crippen MR) is 66.5 cm³/mol. The Morgan fingerprint density at radius 1 is 1.58 bits per heavy atom. The van der Waals surface area contributed by atoms with Gasteiger partial charge in [-0.25, -0.2) is 4.68 Å². The molecule has 2 aromatic rings. The minimum Gasteiger partial charge on any atom is -0.481 e. The Bertz CT molecular complexity index is 561. The van der Waals surface area contributed by atoms with Crippen molar-refractivity contribution >= 4 is 5.97 Å². The number of carboxylic acids is 1. The molecule has 19 heavy (non-hydrogen) atoms. The summed E-state index contributed by atoms with van der Waals surface area (Å²) in [5.74, 6) is 0.399. The predicted octanol–water partition coefficient (Wildman–Crippen LogP) is 2.06. The second kappa shape index (κ2) is 5.64. The van der Waals surface area contributed by atoms with Gasteiger partial charge in [-0.3, -0.25) is 4.79 Å². The molecule has 0 saturated carbocycles. The largest absolute Gasteiger partial charge is 0.481 e. The SMILES string of the molecule is CCCC(CC(=O)O)n1nnnc1-c1ccoc1C. The van der Waals surface area contributed by atoms with Crippen molar-refractivity contribution in [2.24, 2.45) is 0 Å². The Hall–Kier alpha value is -2.18. The van der Waals surface area contributed by atoms with Crippen LogP contribution in [-0.4, -0.2) is 31.3 Å². The van der Waals surface area contributed by atoms with Crippen molar-refractivity contribution in [2.75, 3.05) is 0 Å². The van der Waals surface area contributed by atoms with Crippen LogP contribution in [0.5, 0.6) is 0 Å².